The van der Waals surface area contributed by atoms with Gasteiger partial charge in [-0.2, -0.15) is 0 Å². The van der Waals surface area contributed by atoms with Gasteiger partial charge in [-0.3, -0.25) is 4.98 Å². The number of rotatable bonds is 1. The van der Waals surface area contributed by atoms with E-state index < -0.39 is 0 Å². The van der Waals surface area contributed by atoms with Crippen molar-refractivity contribution in [2.24, 2.45) is 0 Å². The molecule has 0 spiro atoms. The average molecular weight is 277 g/mol. The molecule has 0 radical (unpaired) electrons. The fraction of sp³-hybridized carbons (Fsp3) is 0.250. The molecule has 0 fully saturated rings. The lowest BCUT2D eigenvalue weighted by Crippen LogP contribution is -1.66. The molecular formula is C8H9BrN2S2. The molecule has 0 amide bonds. The Labute approximate surface area is 93.8 Å². The number of alkyl halides is 1. The molecule has 5 heteroatoms. The summed E-state index contributed by atoms with van der Waals surface area (Å²) in [5, 5.41) is 7.09. The second-order valence-corrected chi connectivity index (χ2v) is 4.75. The van der Waals surface area contributed by atoms with Gasteiger partial charge in [0.1, 0.15) is 5.01 Å². The Balaban J connectivity index is 0.000000132. The molecule has 0 saturated carbocycles. The molecule has 0 aromatic carbocycles. The molecule has 0 aliphatic rings. The van der Waals surface area contributed by atoms with Gasteiger partial charge >= 0.3 is 0 Å². The van der Waals surface area contributed by atoms with Crippen LogP contribution in [-0.4, -0.2) is 9.97 Å². The van der Waals surface area contributed by atoms with Crippen molar-refractivity contribution in [1.82, 2.24) is 9.97 Å². The number of aryl methyl sites for hydroxylation is 1. The van der Waals surface area contributed by atoms with Crippen LogP contribution in [-0.2, 0) is 5.33 Å². The molecule has 0 aliphatic heterocycles. The SMILES string of the molecule is BrCc1nccs1.Cc1nccs1. The van der Waals surface area contributed by atoms with E-state index in [2.05, 4.69) is 25.9 Å². The highest BCUT2D eigenvalue weighted by Crippen LogP contribution is 2.06. The van der Waals surface area contributed by atoms with Crippen LogP contribution in [0.3, 0.4) is 0 Å². The van der Waals surface area contributed by atoms with Gasteiger partial charge in [0, 0.05) is 23.2 Å². The second kappa shape index (κ2) is 6.23. The number of thiazole rings is 2. The van der Waals surface area contributed by atoms with E-state index >= 15 is 0 Å². The summed E-state index contributed by atoms with van der Waals surface area (Å²) in [6.45, 7) is 1.99. The van der Waals surface area contributed by atoms with Gasteiger partial charge in [0.25, 0.3) is 0 Å². The zero-order valence-corrected chi connectivity index (χ0v) is 10.3. The van der Waals surface area contributed by atoms with E-state index in [0.717, 1.165) is 15.3 Å². The third-order valence-electron chi connectivity index (χ3n) is 1.15. The highest BCUT2D eigenvalue weighted by molar-refractivity contribution is 9.08. The van der Waals surface area contributed by atoms with Crippen molar-refractivity contribution in [3.8, 4) is 0 Å². The zero-order chi connectivity index (χ0) is 9.52. The fourth-order valence-corrected chi connectivity index (χ4v) is 2.06. The van der Waals surface area contributed by atoms with Gasteiger partial charge in [0.05, 0.1) is 10.3 Å². The lowest BCUT2D eigenvalue weighted by atomic mass is 10.8. The highest BCUT2D eigenvalue weighted by atomic mass is 79.9. The molecule has 13 heavy (non-hydrogen) atoms. The van der Waals surface area contributed by atoms with E-state index in [0.29, 0.717) is 0 Å². The van der Waals surface area contributed by atoms with Crippen LogP contribution in [0.15, 0.2) is 23.2 Å². The summed E-state index contributed by atoms with van der Waals surface area (Å²) in [5.74, 6) is 0. The summed E-state index contributed by atoms with van der Waals surface area (Å²) in [6.07, 6.45) is 3.61. The number of hydrogen-bond donors (Lipinski definition) is 0. The Bertz CT molecular complexity index is 305. The van der Waals surface area contributed by atoms with Crippen molar-refractivity contribution in [3.05, 3.63) is 33.2 Å². The van der Waals surface area contributed by atoms with E-state index in [1.165, 1.54) is 0 Å². The van der Waals surface area contributed by atoms with E-state index in [9.17, 15) is 0 Å². The first-order chi connectivity index (χ1) is 6.33. The van der Waals surface area contributed by atoms with Crippen LogP contribution in [0.1, 0.15) is 10.0 Å². The molecular weight excluding hydrogens is 268 g/mol. The molecule has 2 heterocycles. The van der Waals surface area contributed by atoms with E-state index in [4.69, 9.17) is 0 Å². The van der Waals surface area contributed by atoms with Crippen molar-refractivity contribution >= 4 is 38.6 Å². The van der Waals surface area contributed by atoms with E-state index in [1.54, 1.807) is 35.1 Å². The van der Waals surface area contributed by atoms with Crippen molar-refractivity contribution in [1.29, 1.82) is 0 Å². The largest absolute Gasteiger partial charge is 0.250 e. The summed E-state index contributed by atoms with van der Waals surface area (Å²) in [5.41, 5.74) is 0. The Morgan fingerprint density at radius 3 is 2.15 bits per heavy atom. The van der Waals surface area contributed by atoms with Crippen molar-refractivity contribution in [2.75, 3.05) is 0 Å². The molecule has 2 aromatic rings. The quantitative estimate of drug-likeness (QED) is 0.746. The first kappa shape index (κ1) is 10.8. The van der Waals surface area contributed by atoms with Crippen LogP contribution >= 0.6 is 38.6 Å². The monoisotopic (exact) mass is 276 g/mol. The Kier molecular flexibility index (Phi) is 5.19. The predicted octanol–water partition coefficient (Wildman–Crippen LogP) is 3.49. The smallest absolute Gasteiger partial charge is 0.103 e. The average Bonchev–Trinajstić information content (AvgIpc) is 2.76. The van der Waals surface area contributed by atoms with Crippen LogP contribution in [0.25, 0.3) is 0 Å². The van der Waals surface area contributed by atoms with Gasteiger partial charge in [0.15, 0.2) is 0 Å². The molecule has 0 bridgehead atoms. The highest BCUT2D eigenvalue weighted by Gasteiger charge is 1.86. The maximum absolute atomic E-state index is 4.01. The maximum atomic E-state index is 4.01. The predicted molar refractivity (Wildman–Crippen MR) is 61.6 cm³/mol. The second-order valence-electron chi connectivity index (χ2n) is 2.11. The van der Waals surface area contributed by atoms with Gasteiger partial charge < -0.3 is 0 Å². The Morgan fingerprint density at radius 1 is 1.23 bits per heavy atom. The van der Waals surface area contributed by atoms with Gasteiger partial charge in [-0.1, -0.05) is 15.9 Å². The third kappa shape index (κ3) is 4.50. The van der Waals surface area contributed by atoms with E-state index in [1.807, 2.05) is 17.7 Å². The van der Waals surface area contributed by atoms with Crippen molar-refractivity contribution in [2.45, 2.75) is 12.3 Å². The lowest BCUT2D eigenvalue weighted by molar-refractivity contribution is 1.28. The first-order valence-electron chi connectivity index (χ1n) is 3.63. The lowest BCUT2D eigenvalue weighted by Gasteiger charge is -1.75. The molecule has 2 rings (SSSR count). The molecule has 0 aliphatic carbocycles. The summed E-state index contributed by atoms with van der Waals surface area (Å²) in [7, 11) is 0. The Hall–Kier alpha value is -0.260. The molecule has 0 unspecified atom stereocenters. The summed E-state index contributed by atoms with van der Waals surface area (Å²) < 4.78 is 0. The number of aromatic nitrogens is 2. The molecule has 0 N–H and O–H groups in total. The summed E-state index contributed by atoms with van der Waals surface area (Å²) in [6, 6.07) is 0. The van der Waals surface area contributed by atoms with Gasteiger partial charge in [0.2, 0.25) is 0 Å². The maximum Gasteiger partial charge on any atom is 0.103 e. The summed E-state index contributed by atoms with van der Waals surface area (Å²) in [4.78, 5) is 7.94. The molecule has 2 aromatic heterocycles. The van der Waals surface area contributed by atoms with Crippen molar-refractivity contribution in [3.63, 3.8) is 0 Å². The molecule has 0 atom stereocenters. The normalized spacial score (nSPS) is 9.08. The van der Waals surface area contributed by atoms with E-state index in [-0.39, 0.29) is 0 Å². The number of halogens is 1. The van der Waals surface area contributed by atoms with Crippen LogP contribution < -0.4 is 0 Å². The minimum absolute atomic E-state index is 0.880. The minimum atomic E-state index is 0.880. The first-order valence-corrected chi connectivity index (χ1v) is 6.51. The number of nitrogens with zero attached hydrogens (tertiary/aromatic N) is 2. The zero-order valence-electron chi connectivity index (χ0n) is 7.11. The van der Waals surface area contributed by atoms with Gasteiger partial charge in [-0.25, -0.2) is 4.98 Å². The van der Waals surface area contributed by atoms with Gasteiger partial charge in [-0.15, -0.1) is 22.7 Å². The van der Waals surface area contributed by atoms with Crippen LogP contribution in [0.2, 0.25) is 0 Å². The molecule has 0 saturated heterocycles. The minimum Gasteiger partial charge on any atom is -0.250 e. The third-order valence-corrected chi connectivity index (χ3v) is 3.54. The van der Waals surface area contributed by atoms with Crippen LogP contribution in [0.4, 0.5) is 0 Å². The topological polar surface area (TPSA) is 25.8 Å². The molecule has 70 valence electrons. The van der Waals surface area contributed by atoms with Crippen molar-refractivity contribution < 1.29 is 0 Å². The summed E-state index contributed by atoms with van der Waals surface area (Å²) >= 11 is 6.62. The standard InChI is InChI=1S/C4H4BrNS.C4H5NS/c5-3-4-6-1-2-7-4;1-4-5-2-3-6-4/h1-2H,3H2;2-3H,1H3. The van der Waals surface area contributed by atoms with Crippen LogP contribution in [0, 0.1) is 6.92 Å². The Morgan fingerprint density at radius 2 is 1.92 bits per heavy atom. The molecule has 2 nitrogen and oxygen atoms in total. The van der Waals surface area contributed by atoms with Crippen LogP contribution in [0.5, 0.6) is 0 Å². The van der Waals surface area contributed by atoms with Gasteiger partial charge in [-0.05, 0) is 6.92 Å². The fourth-order valence-electron chi connectivity index (χ4n) is 0.614. The number of hydrogen-bond acceptors (Lipinski definition) is 4.